The fourth-order valence-electron chi connectivity index (χ4n) is 2.05. The van der Waals surface area contributed by atoms with E-state index in [1.807, 2.05) is 25.1 Å². The number of rotatable bonds is 1. The van der Waals surface area contributed by atoms with Gasteiger partial charge in [0, 0.05) is 16.5 Å². The summed E-state index contributed by atoms with van der Waals surface area (Å²) in [7, 11) is 0. The van der Waals surface area contributed by atoms with Crippen molar-refractivity contribution in [3.05, 3.63) is 33.2 Å². The van der Waals surface area contributed by atoms with Crippen LogP contribution in [-0.4, -0.2) is 21.8 Å². The van der Waals surface area contributed by atoms with Crippen molar-refractivity contribution in [1.82, 2.24) is 5.01 Å². The first-order valence-electron chi connectivity index (χ1n) is 5.83. The third-order valence-corrected chi connectivity index (χ3v) is 5.91. The van der Waals surface area contributed by atoms with Gasteiger partial charge >= 0.3 is 0 Å². The molecule has 2 N–H and O–H groups in total. The number of hydrazine groups is 1. The molecule has 1 fully saturated rings. The summed E-state index contributed by atoms with van der Waals surface area (Å²) in [5.74, 6) is 5.38. The maximum absolute atomic E-state index is 12.2. The molecular formula is C12H10ClN3OS3. The first-order chi connectivity index (χ1) is 9.52. The molecule has 8 heteroatoms. The Hall–Kier alpha value is -0.730. The van der Waals surface area contributed by atoms with Crippen molar-refractivity contribution in [2.45, 2.75) is 11.8 Å². The standard InChI is InChI=1S/C12H10ClN3OS3/c1-2-15-7-5-6(13)3-4-8(7)19-11(15)9-10(17)16(14)12(18)20-9/h3-5H,2,14H2,1H3/b11-9+. The average Bonchev–Trinajstić information content (AvgIpc) is 2.90. The van der Waals surface area contributed by atoms with Crippen LogP contribution in [0.2, 0.25) is 5.02 Å². The normalized spacial score (nSPS) is 21.9. The molecule has 0 atom stereocenters. The van der Waals surface area contributed by atoms with Crippen LogP contribution < -0.4 is 10.7 Å². The molecule has 0 saturated carbocycles. The number of thioether (sulfide) groups is 2. The second-order valence-corrected chi connectivity index (χ2v) is 7.25. The van der Waals surface area contributed by atoms with Crippen molar-refractivity contribution >= 4 is 63.3 Å². The Morgan fingerprint density at radius 2 is 2.15 bits per heavy atom. The molecule has 1 amide bonds. The Bertz CT molecular complexity index is 661. The van der Waals surface area contributed by atoms with Crippen LogP contribution >= 0.6 is 47.3 Å². The minimum absolute atomic E-state index is 0.250. The van der Waals surface area contributed by atoms with E-state index in [-0.39, 0.29) is 5.91 Å². The first kappa shape index (κ1) is 14.2. The summed E-state index contributed by atoms with van der Waals surface area (Å²) in [5, 5.41) is 2.57. The summed E-state index contributed by atoms with van der Waals surface area (Å²) >= 11 is 13.9. The van der Waals surface area contributed by atoms with Crippen molar-refractivity contribution in [2.75, 3.05) is 11.4 Å². The molecule has 4 nitrogen and oxygen atoms in total. The zero-order chi connectivity index (χ0) is 14.4. The Labute approximate surface area is 135 Å². The minimum atomic E-state index is -0.250. The van der Waals surface area contributed by atoms with Gasteiger partial charge in [0.25, 0.3) is 5.91 Å². The summed E-state index contributed by atoms with van der Waals surface area (Å²) in [5.41, 5.74) is 1.02. The molecule has 20 heavy (non-hydrogen) atoms. The van der Waals surface area contributed by atoms with Gasteiger partial charge in [-0.25, -0.2) is 10.9 Å². The Balaban J connectivity index is 2.10. The molecule has 0 aromatic heterocycles. The third-order valence-electron chi connectivity index (χ3n) is 2.97. The predicted molar refractivity (Wildman–Crippen MR) is 88.6 cm³/mol. The molecule has 0 spiro atoms. The topological polar surface area (TPSA) is 49.6 Å². The van der Waals surface area contributed by atoms with Crippen molar-refractivity contribution < 1.29 is 4.79 Å². The molecule has 2 aliphatic rings. The molecule has 2 heterocycles. The van der Waals surface area contributed by atoms with Crippen LogP contribution in [0.3, 0.4) is 0 Å². The minimum Gasteiger partial charge on any atom is -0.334 e. The molecule has 3 rings (SSSR count). The molecule has 1 aromatic carbocycles. The zero-order valence-corrected chi connectivity index (χ0v) is 13.6. The van der Waals surface area contributed by atoms with Crippen LogP contribution in [0.1, 0.15) is 6.92 Å². The van der Waals surface area contributed by atoms with Crippen LogP contribution in [-0.2, 0) is 4.79 Å². The summed E-state index contributed by atoms with van der Waals surface area (Å²) in [6.45, 7) is 2.77. The molecule has 104 valence electrons. The van der Waals surface area contributed by atoms with E-state index in [1.165, 1.54) is 11.8 Å². The molecule has 2 aliphatic heterocycles. The van der Waals surface area contributed by atoms with Crippen molar-refractivity contribution in [2.24, 2.45) is 5.84 Å². The quantitative estimate of drug-likeness (QED) is 0.366. The third kappa shape index (κ3) is 2.14. The Morgan fingerprint density at radius 3 is 2.75 bits per heavy atom. The number of amides is 1. The van der Waals surface area contributed by atoms with E-state index < -0.39 is 0 Å². The number of nitrogens with zero attached hydrogens (tertiary/aromatic N) is 2. The molecule has 0 bridgehead atoms. The lowest BCUT2D eigenvalue weighted by atomic mass is 10.3. The Morgan fingerprint density at radius 1 is 1.40 bits per heavy atom. The summed E-state index contributed by atoms with van der Waals surface area (Å²) in [6.07, 6.45) is 0. The number of halogens is 1. The smallest absolute Gasteiger partial charge is 0.283 e. The monoisotopic (exact) mass is 343 g/mol. The number of fused-ring (bicyclic) bond motifs is 1. The van der Waals surface area contributed by atoms with Crippen LogP contribution in [0.4, 0.5) is 5.69 Å². The van der Waals surface area contributed by atoms with E-state index in [0.29, 0.717) is 14.2 Å². The fraction of sp³-hybridized carbons (Fsp3) is 0.167. The highest BCUT2D eigenvalue weighted by atomic mass is 35.5. The van der Waals surface area contributed by atoms with Crippen molar-refractivity contribution in [3.63, 3.8) is 0 Å². The van der Waals surface area contributed by atoms with Gasteiger partial charge < -0.3 is 4.90 Å². The lowest BCUT2D eigenvalue weighted by molar-refractivity contribution is -0.122. The molecular weight excluding hydrogens is 334 g/mol. The lowest BCUT2D eigenvalue weighted by Crippen LogP contribution is -2.35. The van der Waals surface area contributed by atoms with E-state index >= 15 is 0 Å². The van der Waals surface area contributed by atoms with Gasteiger partial charge in [0.15, 0.2) is 4.32 Å². The van der Waals surface area contributed by atoms with E-state index in [9.17, 15) is 4.79 Å². The van der Waals surface area contributed by atoms with Crippen LogP contribution in [0.15, 0.2) is 33.0 Å². The largest absolute Gasteiger partial charge is 0.334 e. The van der Waals surface area contributed by atoms with Gasteiger partial charge in [0.2, 0.25) is 0 Å². The Kier molecular flexibility index (Phi) is 3.72. The summed E-state index contributed by atoms with van der Waals surface area (Å²) < 4.78 is 0.378. The highest BCUT2D eigenvalue weighted by Gasteiger charge is 2.37. The SMILES string of the molecule is CCN1/C(=C2\SC(=S)N(N)C2=O)Sc2ccc(Cl)cc21. The maximum atomic E-state index is 12.2. The van der Waals surface area contributed by atoms with E-state index in [1.54, 1.807) is 11.8 Å². The van der Waals surface area contributed by atoms with E-state index in [2.05, 4.69) is 4.90 Å². The maximum Gasteiger partial charge on any atom is 0.283 e. The van der Waals surface area contributed by atoms with Gasteiger partial charge in [-0.2, -0.15) is 0 Å². The number of thiocarbonyl (C=S) groups is 1. The number of hydrogen-bond donors (Lipinski definition) is 1. The highest BCUT2D eigenvalue weighted by molar-refractivity contribution is 8.27. The van der Waals surface area contributed by atoms with E-state index in [0.717, 1.165) is 27.2 Å². The van der Waals surface area contributed by atoms with Gasteiger partial charge in [-0.05, 0) is 25.1 Å². The number of hydrogen-bond acceptors (Lipinski definition) is 6. The number of carbonyl (C=O) groups is 1. The van der Waals surface area contributed by atoms with Gasteiger partial charge in [-0.3, -0.25) is 4.79 Å². The second-order valence-electron chi connectivity index (χ2n) is 4.14. The molecule has 1 aromatic rings. The molecule has 0 aliphatic carbocycles. The number of benzene rings is 1. The van der Waals surface area contributed by atoms with Gasteiger partial charge in [0.1, 0.15) is 9.93 Å². The number of nitrogens with two attached hydrogens (primary N) is 1. The van der Waals surface area contributed by atoms with E-state index in [4.69, 9.17) is 29.7 Å². The van der Waals surface area contributed by atoms with Crippen LogP contribution in [0.25, 0.3) is 0 Å². The second kappa shape index (κ2) is 5.23. The van der Waals surface area contributed by atoms with Gasteiger partial charge in [-0.15, -0.1) is 0 Å². The average molecular weight is 344 g/mol. The van der Waals surface area contributed by atoms with Crippen molar-refractivity contribution in [3.8, 4) is 0 Å². The van der Waals surface area contributed by atoms with Gasteiger partial charge in [-0.1, -0.05) is 47.3 Å². The highest BCUT2D eigenvalue weighted by Crippen LogP contribution is 2.50. The molecule has 0 radical (unpaired) electrons. The van der Waals surface area contributed by atoms with Gasteiger partial charge in [0.05, 0.1) is 5.69 Å². The number of carbonyl (C=O) groups excluding carboxylic acids is 1. The summed E-state index contributed by atoms with van der Waals surface area (Å²) in [6, 6.07) is 5.71. The fourth-order valence-corrected chi connectivity index (χ4v) is 4.67. The van der Waals surface area contributed by atoms with Crippen molar-refractivity contribution in [1.29, 1.82) is 0 Å². The molecule has 0 unspecified atom stereocenters. The van der Waals surface area contributed by atoms with Crippen LogP contribution in [0.5, 0.6) is 0 Å². The summed E-state index contributed by atoms with van der Waals surface area (Å²) in [4.78, 5) is 15.9. The first-order valence-corrected chi connectivity index (χ1v) is 8.25. The number of anilines is 1. The zero-order valence-electron chi connectivity index (χ0n) is 10.4. The van der Waals surface area contributed by atoms with Crippen LogP contribution in [0, 0.1) is 0 Å². The lowest BCUT2D eigenvalue weighted by Gasteiger charge is -2.19. The molecule has 1 saturated heterocycles. The predicted octanol–water partition coefficient (Wildman–Crippen LogP) is 3.18.